The van der Waals surface area contributed by atoms with E-state index >= 15 is 0 Å². The summed E-state index contributed by atoms with van der Waals surface area (Å²) in [5.74, 6) is -0.0845. The van der Waals surface area contributed by atoms with Crippen LogP contribution in [-0.2, 0) is 12.0 Å². The van der Waals surface area contributed by atoms with E-state index in [4.69, 9.17) is 4.74 Å². The molecule has 0 aliphatic heterocycles. The van der Waals surface area contributed by atoms with Gasteiger partial charge in [-0.2, -0.15) is 13.2 Å². The SMILES string of the molecule is O=c1cc(OCc2ccc(F)cc2)ccn1-c1ccc2nc(C3(C(F)(F)F)CC3)[nH]c2c1. The molecule has 1 N–H and O–H groups in total. The topological polar surface area (TPSA) is 59.9 Å². The number of nitrogens with zero attached hydrogens (tertiary/aromatic N) is 2. The Kier molecular flexibility index (Phi) is 4.58. The number of ether oxygens (including phenoxy) is 1. The highest BCUT2D eigenvalue weighted by Gasteiger charge is 2.66. The zero-order chi connectivity index (χ0) is 22.5. The van der Waals surface area contributed by atoms with Gasteiger partial charge in [-0.1, -0.05) is 12.1 Å². The molecule has 4 aromatic rings. The molecule has 0 radical (unpaired) electrons. The van der Waals surface area contributed by atoms with Gasteiger partial charge in [-0.15, -0.1) is 0 Å². The van der Waals surface area contributed by atoms with Gasteiger partial charge in [0.15, 0.2) is 0 Å². The van der Waals surface area contributed by atoms with Crippen LogP contribution in [0, 0.1) is 5.82 Å². The lowest BCUT2D eigenvalue weighted by molar-refractivity contribution is -0.162. The Labute approximate surface area is 179 Å². The fourth-order valence-corrected chi connectivity index (χ4v) is 3.66. The highest BCUT2D eigenvalue weighted by Crippen LogP contribution is 2.58. The Morgan fingerprint density at radius 3 is 2.47 bits per heavy atom. The fraction of sp³-hybridized carbons (Fsp3) is 0.217. The van der Waals surface area contributed by atoms with E-state index in [1.54, 1.807) is 36.4 Å². The molecule has 1 saturated carbocycles. The number of imidazole rings is 1. The Morgan fingerprint density at radius 2 is 1.81 bits per heavy atom. The summed E-state index contributed by atoms with van der Waals surface area (Å²) in [7, 11) is 0. The van der Waals surface area contributed by atoms with Gasteiger partial charge < -0.3 is 9.72 Å². The highest BCUT2D eigenvalue weighted by molar-refractivity contribution is 5.78. The molecule has 0 amide bonds. The molecule has 1 aliphatic carbocycles. The average molecular weight is 443 g/mol. The molecule has 0 spiro atoms. The van der Waals surface area contributed by atoms with E-state index in [9.17, 15) is 22.4 Å². The lowest BCUT2D eigenvalue weighted by Crippen LogP contribution is -2.29. The number of aromatic nitrogens is 3. The molecule has 2 heterocycles. The number of nitrogens with one attached hydrogen (secondary N) is 1. The third kappa shape index (κ3) is 3.53. The Morgan fingerprint density at radius 1 is 1.06 bits per heavy atom. The first-order valence-corrected chi connectivity index (χ1v) is 9.92. The van der Waals surface area contributed by atoms with Crippen LogP contribution < -0.4 is 10.3 Å². The van der Waals surface area contributed by atoms with E-state index in [1.807, 2.05) is 0 Å². The van der Waals surface area contributed by atoms with Crippen molar-refractivity contribution in [2.24, 2.45) is 0 Å². The molecule has 2 aromatic carbocycles. The normalized spacial score (nSPS) is 15.1. The summed E-state index contributed by atoms with van der Waals surface area (Å²) in [4.78, 5) is 19.5. The Bertz CT molecular complexity index is 1350. The molecule has 0 saturated heterocycles. The lowest BCUT2D eigenvalue weighted by Gasteiger charge is -2.16. The van der Waals surface area contributed by atoms with Crippen LogP contribution in [-0.4, -0.2) is 20.7 Å². The Balaban J connectivity index is 1.39. The number of hydrogen-bond acceptors (Lipinski definition) is 3. The number of benzene rings is 2. The summed E-state index contributed by atoms with van der Waals surface area (Å²) in [5, 5.41) is 0. The predicted octanol–water partition coefficient (Wildman–Crippen LogP) is 5.03. The van der Waals surface area contributed by atoms with Gasteiger partial charge in [-0.25, -0.2) is 9.37 Å². The molecular formula is C23H17F4N3O2. The Hall–Kier alpha value is -3.62. The van der Waals surface area contributed by atoms with E-state index in [1.165, 1.54) is 29.0 Å². The third-order valence-corrected chi connectivity index (χ3v) is 5.70. The predicted molar refractivity (Wildman–Crippen MR) is 109 cm³/mol. The second-order valence-electron chi connectivity index (χ2n) is 7.85. The van der Waals surface area contributed by atoms with E-state index < -0.39 is 11.6 Å². The standard InChI is InChI=1S/C23H17F4N3O2/c24-15-3-1-14(2-4-15)13-32-17-7-10-30(20(31)12-17)16-5-6-18-19(11-16)29-21(28-18)22(8-9-22)23(25,26)27/h1-7,10-12H,8-9,13H2,(H,28,29). The summed E-state index contributed by atoms with van der Waals surface area (Å²) in [5.41, 5.74) is -0.187. The van der Waals surface area contributed by atoms with Crippen molar-refractivity contribution in [1.82, 2.24) is 14.5 Å². The minimum Gasteiger partial charge on any atom is -0.489 e. The summed E-state index contributed by atoms with van der Waals surface area (Å²) in [6, 6.07) is 13.6. The number of fused-ring (bicyclic) bond motifs is 1. The molecular weight excluding hydrogens is 426 g/mol. The van der Waals surface area contributed by atoms with Crippen LogP contribution in [0.1, 0.15) is 24.2 Å². The molecule has 0 bridgehead atoms. The summed E-state index contributed by atoms with van der Waals surface area (Å²) in [6.45, 7) is 0.174. The third-order valence-electron chi connectivity index (χ3n) is 5.70. The zero-order valence-corrected chi connectivity index (χ0v) is 16.6. The van der Waals surface area contributed by atoms with Gasteiger partial charge in [-0.05, 0) is 54.8 Å². The first-order chi connectivity index (χ1) is 15.2. The number of aromatic amines is 1. The van der Waals surface area contributed by atoms with Gasteiger partial charge >= 0.3 is 6.18 Å². The lowest BCUT2D eigenvalue weighted by atomic mass is 10.1. The molecule has 1 fully saturated rings. The van der Waals surface area contributed by atoms with Gasteiger partial charge in [0, 0.05) is 12.3 Å². The van der Waals surface area contributed by atoms with Crippen LogP contribution in [0.2, 0.25) is 0 Å². The molecule has 9 heteroatoms. The van der Waals surface area contributed by atoms with Crippen LogP contribution in [0.3, 0.4) is 0 Å². The molecule has 32 heavy (non-hydrogen) atoms. The van der Waals surface area contributed by atoms with Gasteiger partial charge in [-0.3, -0.25) is 9.36 Å². The molecule has 1 aliphatic rings. The molecule has 0 atom stereocenters. The summed E-state index contributed by atoms with van der Waals surface area (Å²) < 4.78 is 60.1. The van der Waals surface area contributed by atoms with E-state index in [2.05, 4.69) is 9.97 Å². The van der Waals surface area contributed by atoms with Crippen molar-refractivity contribution in [1.29, 1.82) is 0 Å². The maximum Gasteiger partial charge on any atom is 0.401 e. The second-order valence-corrected chi connectivity index (χ2v) is 7.85. The fourth-order valence-electron chi connectivity index (χ4n) is 3.66. The van der Waals surface area contributed by atoms with Crippen molar-refractivity contribution < 1.29 is 22.3 Å². The van der Waals surface area contributed by atoms with Gasteiger partial charge in [0.1, 0.15) is 29.4 Å². The average Bonchev–Trinajstić information content (AvgIpc) is 3.47. The summed E-state index contributed by atoms with van der Waals surface area (Å²) in [6.07, 6.45) is -2.80. The number of pyridine rings is 1. The quantitative estimate of drug-likeness (QED) is 0.441. The van der Waals surface area contributed by atoms with Crippen LogP contribution in [0.5, 0.6) is 5.75 Å². The maximum atomic E-state index is 13.4. The van der Waals surface area contributed by atoms with Gasteiger partial charge in [0.25, 0.3) is 5.56 Å². The number of H-pyrrole nitrogens is 1. The number of hydrogen-bond donors (Lipinski definition) is 1. The molecule has 5 rings (SSSR count). The molecule has 0 unspecified atom stereocenters. The van der Waals surface area contributed by atoms with Gasteiger partial charge in [0.05, 0.1) is 16.7 Å². The van der Waals surface area contributed by atoms with Crippen molar-refractivity contribution >= 4 is 11.0 Å². The van der Waals surface area contributed by atoms with Gasteiger partial charge in [0.2, 0.25) is 0 Å². The number of rotatable bonds is 5. The van der Waals surface area contributed by atoms with E-state index in [0.29, 0.717) is 22.5 Å². The van der Waals surface area contributed by atoms with Crippen LogP contribution >= 0.6 is 0 Å². The van der Waals surface area contributed by atoms with Crippen molar-refractivity contribution in [3.8, 4) is 11.4 Å². The molecule has 164 valence electrons. The van der Waals surface area contributed by atoms with Crippen molar-refractivity contribution in [2.45, 2.75) is 31.0 Å². The monoisotopic (exact) mass is 443 g/mol. The van der Waals surface area contributed by atoms with Crippen LogP contribution in [0.15, 0.2) is 65.6 Å². The molecule has 2 aromatic heterocycles. The smallest absolute Gasteiger partial charge is 0.401 e. The van der Waals surface area contributed by atoms with Crippen molar-refractivity contribution in [3.05, 3.63) is 88.4 Å². The largest absolute Gasteiger partial charge is 0.489 e. The first kappa shape index (κ1) is 20.3. The van der Waals surface area contributed by atoms with Crippen molar-refractivity contribution in [2.75, 3.05) is 0 Å². The van der Waals surface area contributed by atoms with Crippen LogP contribution in [0.25, 0.3) is 16.7 Å². The maximum absolute atomic E-state index is 13.4. The summed E-state index contributed by atoms with van der Waals surface area (Å²) >= 11 is 0. The van der Waals surface area contributed by atoms with Crippen LogP contribution in [0.4, 0.5) is 17.6 Å². The zero-order valence-electron chi connectivity index (χ0n) is 16.6. The number of halogens is 4. The van der Waals surface area contributed by atoms with E-state index in [0.717, 1.165) is 5.56 Å². The minimum absolute atomic E-state index is 0.0159. The van der Waals surface area contributed by atoms with E-state index in [-0.39, 0.29) is 36.6 Å². The van der Waals surface area contributed by atoms with Crippen molar-refractivity contribution in [3.63, 3.8) is 0 Å². The highest BCUT2D eigenvalue weighted by atomic mass is 19.4. The first-order valence-electron chi connectivity index (χ1n) is 9.92. The second kappa shape index (κ2) is 7.22. The molecule has 5 nitrogen and oxygen atoms in total. The minimum atomic E-state index is -4.36. The number of alkyl halides is 3.